The number of carbonyl (C=O) groups excluding carboxylic acids is 1. The van der Waals surface area contributed by atoms with Crippen LogP contribution < -0.4 is 5.32 Å². The van der Waals surface area contributed by atoms with E-state index in [1.807, 2.05) is 6.07 Å². The first-order valence-electron chi connectivity index (χ1n) is 6.26. The van der Waals surface area contributed by atoms with Crippen molar-refractivity contribution >= 4 is 22.5 Å². The summed E-state index contributed by atoms with van der Waals surface area (Å²) in [6.45, 7) is 0. The second kappa shape index (κ2) is 5.10. The van der Waals surface area contributed by atoms with Crippen molar-refractivity contribution in [1.29, 1.82) is 5.26 Å². The van der Waals surface area contributed by atoms with Crippen molar-refractivity contribution in [2.75, 3.05) is 5.32 Å². The summed E-state index contributed by atoms with van der Waals surface area (Å²) in [6, 6.07) is 12.9. The highest BCUT2D eigenvalue weighted by Gasteiger charge is 2.14. The minimum absolute atomic E-state index is 0.331. The maximum absolute atomic E-state index is 13.3. The lowest BCUT2D eigenvalue weighted by Gasteiger charge is -2.06. The van der Waals surface area contributed by atoms with Gasteiger partial charge in [-0.2, -0.15) is 5.26 Å². The number of halogens is 1. The molecular formula is C16H10FN3O. The van der Waals surface area contributed by atoms with E-state index in [-0.39, 0.29) is 0 Å². The van der Waals surface area contributed by atoms with Gasteiger partial charge in [-0.05, 0) is 30.3 Å². The zero-order chi connectivity index (χ0) is 14.8. The van der Waals surface area contributed by atoms with E-state index < -0.39 is 11.7 Å². The molecule has 0 atom stereocenters. The first kappa shape index (κ1) is 12.9. The average molecular weight is 279 g/mol. The Morgan fingerprint density at radius 2 is 2.05 bits per heavy atom. The van der Waals surface area contributed by atoms with E-state index in [1.54, 1.807) is 30.3 Å². The quantitative estimate of drug-likeness (QED) is 0.754. The Hall–Kier alpha value is -3.13. The smallest absolute Gasteiger partial charge is 0.257 e. The minimum atomic E-state index is -0.409. The fourth-order valence-corrected chi connectivity index (χ4v) is 2.16. The van der Waals surface area contributed by atoms with Crippen molar-refractivity contribution in [3.05, 3.63) is 65.6 Å². The number of benzene rings is 2. The number of fused-ring (bicyclic) bond motifs is 1. The Balaban J connectivity index is 1.98. The lowest BCUT2D eigenvalue weighted by Crippen LogP contribution is -2.12. The highest BCUT2D eigenvalue weighted by atomic mass is 19.1. The molecule has 2 N–H and O–H groups in total. The monoisotopic (exact) mass is 279 g/mol. The zero-order valence-electron chi connectivity index (χ0n) is 10.9. The molecular weight excluding hydrogens is 269 g/mol. The van der Waals surface area contributed by atoms with Gasteiger partial charge in [-0.3, -0.25) is 4.79 Å². The van der Waals surface area contributed by atoms with Crippen molar-refractivity contribution in [1.82, 2.24) is 4.98 Å². The molecule has 0 aliphatic heterocycles. The van der Waals surface area contributed by atoms with Gasteiger partial charge in [0.05, 0.1) is 16.8 Å². The third-order valence-corrected chi connectivity index (χ3v) is 3.18. The van der Waals surface area contributed by atoms with E-state index in [0.717, 1.165) is 0 Å². The molecule has 3 aromatic rings. The molecule has 0 saturated heterocycles. The molecule has 4 nitrogen and oxygen atoms in total. The molecule has 0 bridgehead atoms. The molecule has 0 radical (unpaired) electrons. The van der Waals surface area contributed by atoms with Gasteiger partial charge in [0.1, 0.15) is 11.9 Å². The van der Waals surface area contributed by atoms with Gasteiger partial charge in [-0.15, -0.1) is 0 Å². The van der Waals surface area contributed by atoms with Crippen LogP contribution in [-0.4, -0.2) is 10.9 Å². The maximum Gasteiger partial charge on any atom is 0.257 e. The van der Waals surface area contributed by atoms with Crippen LogP contribution in [0.3, 0.4) is 0 Å². The normalized spacial score (nSPS) is 10.3. The molecule has 5 heteroatoms. The number of carbonyl (C=O) groups is 1. The van der Waals surface area contributed by atoms with Crippen LogP contribution >= 0.6 is 0 Å². The van der Waals surface area contributed by atoms with Crippen molar-refractivity contribution in [3.8, 4) is 6.07 Å². The fourth-order valence-electron chi connectivity index (χ4n) is 2.16. The van der Waals surface area contributed by atoms with Gasteiger partial charge in [-0.1, -0.05) is 12.1 Å². The largest absolute Gasteiger partial charge is 0.360 e. The minimum Gasteiger partial charge on any atom is -0.360 e. The van der Waals surface area contributed by atoms with Gasteiger partial charge >= 0.3 is 0 Å². The highest BCUT2D eigenvalue weighted by molar-refractivity contribution is 6.13. The molecule has 102 valence electrons. The molecule has 2 aromatic carbocycles. The molecule has 1 heterocycles. The van der Waals surface area contributed by atoms with E-state index >= 15 is 0 Å². The molecule has 0 fully saturated rings. The van der Waals surface area contributed by atoms with Crippen LogP contribution in [-0.2, 0) is 0 Å². The summed E-state index contributed by atoms with van der Waals surface area (Å²) in [5, 5.41) is 12.2. The Bertz CT molecular complexity index is 877. The summed E-state index contributed by atoms with van der Waals surface area (Å²) in [4.78, 5) is 15.2. The van der Waals surface area contributed by atoms with Gasteiger partial charge in [0.25, 0.3) is 5.91 Å². The lowest BCUT2D eigenvalue weighted by atomic mass is 10.1. The summed E-state index contributed by atoms with van der Waals surface area (Å²) in [5.74, 6) is -0.803. The number of hydrogen-bond donors (Lipinski definition) is 2. The van der Waals surface area contributed by atoms with Gasteiger partial charge in [-0.25, -0.2) is 4.39 Å². The van der Waals surface area contributed by atoms with E-state index in [1.165, 1.54) is 18.3 Å². The van der Waals surface area contributed by atoms with Crippen LogP contribution in [0, 0.1) is 17.1 Å². The van der Waals surface area contributed by atoms with Crippen LogP contribution in [0.4, 0.5) is 10.1 Å². The summed E-state index contributed by atoms with van der Waals surface area (Å²) in [6.07, 6.45) is 1.52. The number of nitrogens with one attached hydrogen (secondary N) is 2. The van der Waals surface area contributed by atoms with E-state index in [0.29, 0.717) is 27.7 Å². The SMILES string of the molecule is N#Cc1ccccc1NC(=O)c1c[nH]c2ccc(F)cc12. The number of aromatic nitrogens is 1. The van der Waals surface area contributed by atoms with Gasteiger partial charge in [0.15, 0.2) is 0 Å². The number of rotatable bonds is 2. The summed E-state index contributed by atoms with van der Waals surface area (Å²) < 4.78 is 13.3. The Morgan fingerprint density at radius 3 is 2.86 bits per heavy atom. The zero-order valence-corrected chi connectivity index (χ0v) is 10.9. The van der Waals surface area contributed by atoms with Crippen LogP contribution in [0.5, 0.6) is 0 Å². The molecule has 0 spiro atoms. The fraction of sp³-hybridized carbons (Fsp3) is 0. The third-order valence-electron chi connectivity index (χ3n) is 3.18. The number of nitrogens with zero attached hydrogens (tertiary/aromatic N) is 1. The van der Waals surface area contributed by atoms with Crippen molar-refractivity contribution < 1.29 is 9.18 Å². The van der Waals surface area contributed by atoms with Gasteiger partial charge in [0.2, 0.25) is 0 Å². The van der Waals surface area contributed by atoms with Crippen molar-refractivity contribution in [2.45, 2.75) is 0 Å². The van der Waals surface area contributed by atoms with Crippen LogP contribution in [0.25, 0.3) is 10.9 Å². The topological polar surface area (TPSA) is 68.7 Å². The number of anilines is 1. The molecule has 1 aromatic heterocycles. The predicted octanol–water partition coefficient (Wildman–Crippen LogP) is 3.43. The summed E-state index contributed by atoms with van der Waals surface area (Å²) >= 11 is 0. The highest BCUT2D eigenvalue weighted by Crippen LogP contribution is 2.21. The second-order valence-electron chi connectivity index (χ2n) is 4.50. The van der Waals surface area contributed by atoms with E-state index in [2.05, 4.69) is 10.3 Å². The number of hydrogen-bond acceptors (Lipinski definition) is 2. The molecule has 0 aliphatic carbocycles. The number of para-hydroxylation sites is 1. The lowest BCUT2D eigenvalue weighted by molar-refractivity contribution is 0.102. The first-order valence-corrected chi connectivity index (χ1v) is 6.26. The van der Waals surface area contributed by atoms with E-state index in [4.69, 9.17) is 5.26 Å². The molecule has 0 unspecified atom stereocenters. The Kier molecular flexibility index (Phi) is 3.13. The van der Waals surface area contributed by atoms with Crippen molar-refractivity contribution in [3.63, 3.8) is 0 Å². The predicted molar refractivity (Wildman–Crippen MR) is 77.4 cm³/mol. The number of amides is 1. The van der Waals surface area contributed by atoms with Crippen LogP contribution in [0.2, 0.25) is 0 Å². The molecule has 0 saturated carbocycles. The second-order valence-corrected chi connectivity index (χ2v) is 4.50. The average Bonchev–Trinajstić information content (AvgIpc) is 2.90. The van der Waals surface area contributed by atoms with Gasteiger partial charge in [0, 0.05) is 17.1 Å². The number of H-pyrrole nitrogens is 1. The number of nitriles is 1. The van der Waals surface area contributed by atoms with Gasteiger partial charge < -0.3 is 10.3 Å². The molecule has 21 heavy (non-hydrogen) atoms. The molecule has 0 aliphatic rings. The third kappa shape index (κ3) is 2.35. The van der Waals surface area contributed by atoms with Crippen LogP contribution in [0.15, 0.2) is 48.7 Å². The van der Waals surface area contributed by atoms with Crippen LogP contribution in [0.1, 0.15) is 15.9 Å². The molecule has 1 amide bonds. The Morgan fingerprint density at radius 1 is 1.24 bits per heavy atom. The maximum atomic E-state index is 13.3. The molecule has 3 rings (SSSR count). The standard InChI is InChI=1S/C16H10FN3O/c17-11-5-6-15-12(7-11)13(9-19-15)16(21)20-14-4-2-1-3-10(14)8-18/h1-7,9,19H,(H,20,21). The van der Waals surface area contributed by atoms with E-state index in [9.17, 15) is 9.18 Å². The Labute approximate surface area is 119 Å². The summed E-state index contributed by atoms with van der Waals surface area (Å²) in [5.41, 5.74) is 1.81. The first-order chi connectivity index (χ1) is 10.2. The number of aromatic amines is 1. The van der Waals surface area contributed by atoms with Crippen molar-refractivity contribution in [2.24, 2.45) is 0 Å². The summed E-state index contributed by atoms with van der Waals surface area (Å²) in [7, 11) is 0.